The van der Waals surface area contributed by atoms with E-state index >= 15 is 0 Å². The van der Waals surface area contributed by atoms with E-state index in [9.17, 15) is 9.90 Å². The highest BCUT2D eigenvalue weighted by molar-refractivity contribution is 5.90. The van der Waals surface area contributed by atoms with E-state index in [2.05, 4.69) is 31.1 Å². The molecular weight excluding hydrogens is 394 g/mol. The lowest BCUT2D eigenvalue weighted by Gasteiger charge is -2.24. The molecule has 0 fully saturated rings. The molecule has 2 heterocycles. The summed E-state index contributed by atoms with van der Waals surface area (Å²) in [5.41, 5.74) is 2.67. The number of likely N-dealkylation sites (N-methyl/N-ethyl adjacent to an activating group) is 1. The number of carbonyl (C=O) groups is 1. The first kappa shape index (κ1) is 20.8. The van der Waals surface area contributed by atoms with E-state index in [4.69, 9.17) is 14.2 Å². The molecule has 0 radical (unpaired) electrons. The molecule has 1 unspecified atom stereocenters. The van der Waals surface area contributed by atoms with Gasteiger partial charge in [0.2, 0.25) is 0 Å². The van der Waals surface area contributed by atoms with Crippen LogP contribution in [0.1, 0.15) is 34.8 Å². The summed E-state index contributed by atoms with van der Waals surface area (Å²) in [6, 6.07) is 10.3. The molecule has 2 bridgehead atoms. The number of nitrogens with zero attached hydrogens (tertiary/aromatic N) is 1. The maximum atomic E-state index is 12.7. The van der Waals surface area contributed by atoms with Gasteiger partial charge in [0.05, 0.1) is 12.7 Å². The Kier molecular flexibility index (Phi) is 5.89. The zero-order chi connectivity index (χ0) is 22.0. The maximum absolute atomic E-state index is 12.7. The van der Waals surface area contributed by atoms with Crippen LogP contribution >= 0.6 is 0 Å². The molecule has 162 valence electrons. The molecule has 2 aromatic carbocycles. The van der Waals surface area contributed by atoms with Crippen LogP contribution in [0.25, 0.3) is 0 Å². The summed E-state index contributed by atoms with van der Waals surface area (Å²) >= 11 is 0. The molecule has 1 N–H and O–H groups in total. The second-order valence-corrected chi connectivity index (χ2v) is 7.93. The number of hydrogen-bond acceptors (Lipinski definition) is 6. The number of methoxy groups -OCH3 is 1. The highest BCUT2D eigenvalue weighted by Gasteiger charge is 2.33. The van der Waals surface area contributed by atoms with E-state index in [1.165, 1.54) is 29.8 Å². The molecule has 2 aromatic rings. The van der Waals surface area contributed by atoms with Crippen LogP contribution in [0.3, 0.4) is 0 Å². The number of rotatable bonds is 3. The Bertz CT molecular complexity index is 1020. The molecule has 0 aromatic heterocycles. The van der Waals surface area contributed by atoms with Crippen molar-refractivity contribution >= 4 is 5.97 Å². The van der Waals surface area contributed by atoms with Crippen LogP contribution in [0, 0.1) is 0 Å². The largest absolute Gasteiger partial charge is 0.508 e. The molecule has 2 atom stereocenters. The van der Waals surface area contributed by atoms with E-state index in [-0.39, 0.29) is 5.75 Å². The van der Waals surface area contributed by atoms with Crippen LogP contribution < -0.4 is 9.47 Å². The quantitative estimate of drug-likeness (QED) is 0.749. The number of fused-ring (bicyclic) bond motifs is 1. The standard InChI is InChI=1S/C25H27NO5/c1-16-14-18-9-12-22(29-3)24-20(18)15-23(30-24)21(6-4-5-13-26(16)2)31-25(28)17-7-10-19(27)11-8-17/h5-13,16,23,27H,4,14-15H2,1-3H3/b13-5+,21-6?/t16-,23?/m0/s1. The Balaban J connectivity index is 1.68. The predicted molar refractivity (Wildman–Crippen MR) is 117 cm³/mol. The van der Waals surface area contributed by atoms with Gasteiger partial charge < -0.3 is 24.2 Å². The van der Waals surface area contributed by atoms with Gasteiger partial charge in [-0.1, -0.05) is 12.1 Å². The maximum Gasteiger partial charge on any atom is 0.343 e. The van der Waals surface area contributed by atoms with Crippen LogP contribution in [-0.2, 0) is 17.6 Å². The van der Waals surface area contributed by atoms with Crippen molar-refractivity contribution in [1.29, 1.82) is 0 Å². The Labute approximate surface area is 182 Å². The molecule has 6 heteroatoms. The van der Waals surface area contributed by atoms with E-state index in [1.807, 2.05) is 18.2 Å². The van der Waals surface area contributed by atoms with Crippen LogP contribution in [-0.4, -0.2) is 42.3 Å². The van der Waals surface area contributed by atoms with Gasteiger partial charge in [0.25, 0.3) is 0 Å². The van der Waals surface area contributed by atoms with Gasteiger partial charge in [-0.3, -0.25) is 0 Å². The lowest BCUT2D eigenvalue weighted by molar-refractivity contribution is 0.0541. The van der Waals surface area contributed by atoms with E-state index < -0.39 is 12.1 Å². The minimum Gasteiger partial charge on any atom is -0.508 e. The smallest absolute Gasteiger partial charge is 0.343 e. The lowest BCUT2D eigenvalue weighted by Crippen LogP contribution is -2.26. The molecule has 4 rings (SSSR count). The average Bonchev–Trinajstić information content (AvgIpc) is 3.21. The lowest BCUT2D eigenvalue weighted by atomic mass is 9.96. The summed E-state index contributed by atoms with van der Waals surface area (Å²) in [6.45, 7) is 2.20. The third-order valence-electron chi connectivity index (χ3n) is 5.83. The van der Waals surface area contributed by atoms with E-state index in [1.54, 1.807) is 7.11 Å². The fraction of sp³-hybridized carbons (Fsp3) is 0.320. The third kappa shape index (κ3) is 4.38. The number of hydrogen-bond donors (Lipinski definition) is 1. The second kappa shape index (κ2) is 8.76. The van der Waals surface area contributed by atoms with Gasteiger partial charge in [0.1, 0.15) is 11.5 Å². The SMILES string of the molecule is COc1ccc2c3c1OC(C3)C(OC(=O)c1ccc(O)cc1)=CC/C=C/N(C)[C@@H](C)C2. The van der Waals surface area contributed by atoms with Gasteiger partial charge in [0.15, 0.2) is 17.6 Å². The van der Waals surface area contributed by atoms with Gasteiger partial charge in [-0.05, 0) is 67.9 Å². The predicted octanol–water partition coefficient (Wildman–Crippen LogP) is 4.23. The normalized spacial score (nSPS) is 21.3. The molecular formula is C25H27NO5. The first-order chi connectivity index (χ1) is 15.0. The number of phenolic OH excluding ortho intramolecular Hbond substituents is 1. The molecule has 31 heavy (non-hydrogen) atoms. The van der Waals surface area contributed by atoms with Crippen molar-refractivity contribution in [3.05, 3.63) is 77.2 Å². The number of benzene rings is 2. The molecule has 6 nitrogen and oxygen atoms in total. The Morgan fingerprint density at radius 2 is 1.94 bits per heavy atom. The average molecular weight is 421 g/mol. The molecule has 0 spiro atoms. The molecule has 0 saturated heterocycles. The molecule has 0 saturated carbocycles. The first-order valence-corrected chi connectivity index (χ1v) is 10.4. The number of allylic oxidation sites excluding steroid dienone is 2. The highest BCUT2D eigenvalue weighted by atomic mass is 16.6. The monoisotopic (exact) mass is 421 g/mol. The summed E-state index contributed by atoms with van der Waals surface area (Å²) < 4.78 is 17.6. The Morgan fingerprint density at radius 3 is 2.68 bits per heavy atom. The van der Waals surface area contributed by atoms with Crippen LogP contribution in [0.2, 0.25) is 0 Å². The van der Waals surface area contributed by atoms with Crippen molar-refractivity contribution in [3.63, 3.8) is 0 Å². The minimum absolute atomic E-state index is 0.0967. The van der Waals surface area contributed by atoms with E-state index in [0.29, 0.717) is 36.0 Å². The summed E-state index contributed by atoms with van der Waals surface area (Å²) in [5.74, 6) is 1.49. The Hall–Kier alpha value is -3.41. The highest BCUT2D eigenvalue weighted by Crippen LogP contribution is 2.42. The number of carbonyl (C=O) groups excluding carboxylic acids is 1. The molecule has 0 aliphatic carbocycles. The number of phenols is 1. The minimum atomic E-state index is -0.486. The van der Waals surface area contributed by atoms with Gasteiger partial charge >= 0.3 is 5.97 Å². The summed E-state index contributed by atoms with van der Waals surface area (Å²) in [6.07, 6.45) is 7.66. The fourth-order valence-corrected chi connectivity index (χ4v) is 3.90. The Morgan fingerprint density at radius 1 is 1.16 bits per heavy atom. The summed E-state index contributed by atoms with van der Waals surface area (Å²) in [5, 5.41) is 9.47. The zero-order valence-corrected chi connectivity index (χ0v) is 18.0. The van der Waals surface area contributed by atoms with Crippen molar-refractivity contribution in [1.82, 2.24) is 4.90 Å². The number of aromatic hydroxyl groups is 1. The van der Waals surface area contributed by atoms with Crippen molar-refractivity contribution in [3.8, 4) is 17.2 Å². The number of esters is 1. The summed E-state index contributed by atoms with van der Waals surface area (Å²) in [4.78, 5) is 14.9. The molecule has 2 aliphatic heterocycles. The van der Waals surface area contributed by atoms with Gasteiger partial charge in [-0.25, -0.2) is 4.79 Å². The van der Waals surface area contributed by atoms with Gasteiger partial charge in [0, 0.05) is 25.1 Å². The van der Waals surface area contributed by atoms with Crippen molar-refractivity contribution in [2.45, 2.75) is 38.3 Å². The topological polar surface area (TPSA) is 68.2 Å². The van der Waals surface area contributed by atoms with Crippen molar-refractivity contribution < 1.29 is 24.1 Å². The van der Waals surface area contributed by atoms with Gasteiger partial charge in [-0.15, -0.1) is 0 Å². The van der Waals surface area contributed by atoms with Crippen molar-refractivity contribution in [2.24, 2.45) is 0 Å². The zero-order valence-electron chi connectivity index (χ0n) is 18.0. The second-order valence-electron chi connectivity index (χ2n) is 7.93. The summed E-state index contributed by atoms with van der Waals surface area (Å²) in [7, 11) is 3.69. The first-order valence-electron chi connectivity index (χ1n) is 10.4. The molecule has 2 aliphatic rings. The van der Waals surface area contributed by atoms with Crippen LogP contribution in [0.5, 0.6) is 17.2 Å². The van der Waals surface area contributed by atoms with Gasteiger partial charge in [-0.2, -0.15) is 0 Å². The number of ether oxygens (including phenoxy) is 3. The van der Waals surface area contributed by atoms with E-state index in [0.717, 1.165) is 17.7 Å². The van der Waals surface area contributed by atoms with Crippen molar-refractivity contribution in [2.75, 3.05) is 14.2 Å². The van der Waals surface area contributed by atoms with Crippen LogP contribution in [0.15, 0.2) is 60.5 Å². The van der Waals surface area contributed by atoms with Crippen LogP contribution in [0.4, 0.5) is 0 Å². The fourth-order valence-electron chi connectivity index (χ4n) is 3.90. The third-order valence-corrected chi connectivity index (χ3v) is 5.83. The molecule has 0 amide bonds.